The molecule has 0 aromatic heterocycles. The molecular formula is C21H27FO4. The Bertz CT molecular complexity index is 744. The average molecular weight is 362 g/mol. The smallest absolute Gasteiger partial charge is 0.178 e. The molecule has 0 heterocycles. The van der Waals surface area contributed by atoms with E-state index in [1.165, 1.54) is 12.2 Å². The highest BCUT2D eigenvalue weighted by molar-refractivity contribution is 6.01. The molecule has 26 heavy (non-hydrogen) atoms. The molecule has 0 bridgehead atoms. The number of rotatable bonds is 1. The third kappa shape index (κ3) is 1.76. The van der Waals surface area contributed by atoms with Crippen LogP contribution in [-0.4, -0.2) is 39.7 Å². The molecule has 4 aliphatic carbocycles. The van der Waals surface area contributed by atoms with E-state index in [9.17, 15) is 19.8 Å². The van der Waals surface area contributed by atoms with E-state index >= 15 is 4.39 Å². The van der Waals surface area contributed by atoms with Gasteiger partial charge in [0.1, 0.15) is 5.60 Å². The van der Waals surface area contributed by atoms with Gasteiger partial charge in [0.15, 0.2) is 17.7 Å². The van der Waals surface area contributed by atoms with Crippen LogP contribution in [-0.2, 0) is 9.59 Å². The lowest BCUT2D eigenvalue weighted by molar-refractivity contribution is -0.215. The molecule has 0 saturated heterocycles. The number of aliphatic hydroxyl groups excluding tert-OH is 1. The number of hydrogen-bond donors (Lipinski definition) is 2. The van der Waals surface area contributed by atoms with Crippen LogP contribution < -0.4 is 0 Å². The molecule has 0 spiro atoms. The number of allylic oxidation sites excluding steroid dienone is 4. The number of carbonyl (C=O) groups is 2. The Balaban J connectivity index is 1.85. The summed E-state index contributed by atoms with van der Waals surface area (Å²) < 4.78 is 16.7. The number of aliphatic hydroxyl groups is 2. The Hall–Kier alpha value is -1.33. The number of fused-ring (bicyclic) bond motifs is 5. The van der Waals surface area contributed by atoms with Gasteiger partial charge < -0.3 is 15.0 Å². The van der Waals surface area contributed by atoms with E-state index < -0.39 is 34.1 Å². The number of ketones is 1. The molecule has 4 nitrogen and oxygen atoms in total. The van der Waals surface area contributed by atoms with E-state index in [0.29, 0.717) is 25.5 Å². The number of aldehydes is 1. The van der Waals surface area contributed by atoms with Crippen LogP contribution >= 0.6 is 0 Å². The minimum atomic E-state index is -1.91. The van der Waals surface area contributed by atoms with Crippen LogP contribution in [0.2, 0.25) is 0 Å². The van der Waals surface area contributed by atoms with E-state index in [1.54, 1.807) is 13.0 Å². The van der Waals surface area contributed by atoms with Crippen molar-refractivity contribution < 1.29 is 24.2 Å². The monoisotopic (exact) mass is 362 g/mol. The van der Waals surface area contributed by atoms with Crippen molar-refractivity contribution in [3.8, 4) is 0 Å². The van der Waals surface area contributed by atoms with Gasteiger partial charge >= 0.3 is 0 Å². The van der Waals surface area contributed by atoms with Crippen LogP contribution in [0.3, 0.4) is 0 Å². The van der Waals surface area contributed by atoms with Crippen molar-refractivity contribution in [2.45, 2.75) is 63.8 Å². The van der Waals surface area contributed by atoms with E-state index in [0.717, 1.165) is 5.57 Å². The van der Waals surface area contributed by atoms with Gasteiger partial charge in [0.2, 0.25) is 0 Å². The summed E-state index contributed by atoms with van der Waals surface area (Å²) in [5.41, 5.74) is -4.60. The number of halogens is 1. The highest BCUT2D eigenvalue weighted by Gasteiger charge is 2.74. The zero-order valence-corrected chi connectivity index (χ0v) is 15.5. The Morgan fingerprint density at radius 2 is 2.00 bits per heavy atom. The fourth-order valence-corrected chi connectivity index (χ4v) is 6.83. The van der Waals surface area contributed by atoms with Crippen molar-refractivity contribution in [2.24, 2.45) is 28.6 Å². The van der Waals surface area contributed by atoms with Gasteiger partial charge in [-0.3, -0.25) is 4.79 Å². The van der Waals surface area contributed by atoms with Gasteiger partial charge in [0.05, 0.1) is 6.10 Å². The molecule has 5 heteroatoms. The molecule has 8 atom stereocenters. The standard InChI is InChI=1S/C21H27FO4/c1-12-8-16-15-5-4-13-9-14(24)6-7-18(13,2)21(15,22)17(25)10-19(16,3)20(12,26)11-23/h6-7,9,11-12,15-17,25-26H,4-5,8,10H2,1-3H3/t12-,15+,16+,17+,18+,19+,20-,21+/m1/s1. The van der Waals surface area contributed by atoms with Crippen molar-refractivity contribution in [2.75, 3.05) is 0 Å². The third-order valence-corrected chi connectivity index (χ3v) is 8.48. The molecule has 0 radical (unpaired) electrons. The van der Waals surface area contributed by atoms with Crippen molar-refractivity contribution in [3.05, 3.63) is 23.8 Å². The highest BCUT2D eigenvalue weighted by atomic mass is 19.1. The van der Waals surface area contributed by atoms with Crippen LogP contribution in [0, 0.1) is 28.6 Å². The van der Waals surface area contributed by atoms with E-state index in [1.807, 2.05) is 13.8 Å². The summed E-state index contributed by atoms with van der Waals surface area (Å²) in [6.45, 7) is 5.43. The number of alkyl halides is 1. The van der Waals surface area contributed by atoms with Gasteiger partial charge in [-0.15, -0.1) is 0 Å². The quantitative estimate of drug-likeness (QED) is 0.703. The largest absolute Gasteiger partial charge is 0.390 e. The predicted octanol–water partition coefficient (Wildman–Crippen LogP) is 2.53. The average Bonchev–Trinajstić information content (AvgIpc) is 2.78. The minimum Gasteiger partial charge on any atom is -0.390 e. The summed E-state index contributed by atoms with van der Waals surface area (Å²) in [4.78, 5) is 23.6. The molecule has 142 valence electrons. The second-order valence-electron chi connectivity index (χ2n) is 9.34. The molecule has 0 amide bonds. The molecule has 3 fully saturated rings. The third-order valence-electron chi connectivity index (χ3n) is 8.48. The summed E-state index contributed by atoms with van der Waals surface area (Å²) in [5, 5.41) is 22.1. The maximum Gasteiger partial charge on any atom is 0.178 e. The highest BCUT2D eigenvalue weighted by Crippen LogP contribution is 2.70. The zero-order valence-electron chi connectivity index (χ0n) is 15.5. The van der Waals surface area contributed by atoms with Crippen LogP contribution in [0.15, 0.2) is 23.8 Å². The molecule has 3 saturated carbocycles. The second-order valence-corrected chi connectivity index (χ2v) is 9.34. The summed E-state index contributed by atoms with van der Waals surface area (Å²) in [7, 11) is 0. The Kier molecular flexibility index (Phi) is 3.57. The summed E-state index contributed by atoms with van der Waals surface area (Å²) in [5.74, 6) is -1.07. The van der Waals surface area contributed by atoms with Gasteiger partial charge in [0.25, 0.3) is 0 Å². The maximum absolute atomic E-state index is 16.7. The van der Waals surface area contributed by atoms with Crippen molar-refractivity contribution in [1.82, 2.24) is 0 Å². The first-order chi connectivity index (χ1) is 12.0. The molecule has 0 aromatic carbocycles. The SMILES string of the molecule is C[C@@H]1C[C@H]2[C@@H]3CCC4=CC(=O)C=C[C@]4(C)[C@@]3(F)[C@@H](O)C[C@]2(C)[C@@]1(O)C=O. The van der Waals surface area contributed by atoms with Gasteiger partial charge in [-0.25, -0.2) is 4.39 Å². The summed E-state index contributed by atoms with van der Waals surface area (Å²) in [6.07, 6.45) is 5.52. The van der Waals surface area contributed by atoms with E-state index in [2.05, 4.69) is 0 Å². The Morgan fingerprint density at radius 3 is 2.65 bits per heavy atom. The fourth-order valence-electron chi connectivity index (χ4n) is 6.83. The Morgan fingerprint density at radius 1 is 1.31 bits per heavy atom. The van der Waals surface area contributed by atoms with Gasteiger partial charge in [-0.05, 0) is 56.6 Å². The second kappa shape index (κ2) is 5.14. The lowest BCUT2D eigenvalue weighted by Crippen LogP contribution is -2.68. The molecular weight excluding hydrogens is 335 g/mol. The van der Waals surface area contributed by atoms with Crippen molar-refractivity contribution in [3.63, 3.8) is 0 Å². The van der Waals surface area contributed by atoms with Gasteiger partial charge in [0, 0.05) is 16.7 Å². The lowest BCUT2D eigenvalue weighted by Gasteiger charge is -2.62. The number of carbonyl (C=O) groups excluding carboxylic acids is 2. The number of hydrogen-bond acceptors (Lipinski definition) is 4. The molecule has 0 aromatic rings. The maximum atomic E-state index is 16.7. The van der Waals surface area contributed by atoms with E-state index in [4.69, 9.17) is 0 Å². The summed E-state index contributed by atoms with van der Waals surface area (Å²) >= 11 is 0. The van der Waals surface area contributed by atoms with E-state index in [-0.39, 0.29) is 24.0 Å². The fraction of sp³-hybridized carbons (Fsp3) is 0.714. The minimum absolute atomic E-state index is 0.0366. The predicted molar refractivity (Wildman–Crippen MR) is 93.9 cm³/mol. The van der Waals surface area contributed by atoms with Crippen LogP contribution in [0.5, 0.6) is 0 Å². The summed E-state index contributed by atoms with van der Waals surface area (Å²) in [6, 6.07) is 0. The molecule has 4 aliphatic rings. The lowest BCUT2D eigenvalue weighted by atomic mass is 9.45. The first-order valence-corrected chi connectivity index (χ1v) is 9.54. The van der Waals surface area contributed by atoms with Crippen molar-refractivity contribution >= 4 is 12.1 Å². The zero-order chi connectivity index (χ0) is 19.1. The molecule has 0 aliphatic heterocycles. The first kappa shape index (κ1) is 18.1. The Labute approximate surface area is 153 Å². The molecule has 0 unspecified atom stereocenters. The van der Waals surface area contributed by atoms with Crippen molar-refractivity contribution in [1.29, 1.82) is 0 Å². The topological polar surface area (TPSA) is 74.6 Å². The first-order valence-electron chi connectivity index (χ1n) is 9.54. The van der Waals surface area contributed by atoms with Gasteiger partial charge in [-0.1, -0.05) is 25.5 Å². The van der Waals surface area contributed by atoms with Crippen LogP contribution in [0.1, 0.15) is 46.5 Å². The molecule has 4 rings (SSSR count). The molecule has 2 N–H and O–H groups in total. The van der Waals surface area contributed by atoms with Crippen LogP contribution in [0.25, 0.3) is 0 Å². The normalized spacial score (nSPS) is 55.6. The van der Waals surface area contributed by atoms with Crippen LogP contribution in [0.4, 0.5) is 4.39 Å². The van der Waals surface area contributed by atoms with Gasteiger partial charge in [-0.2, -0.15) is 0 Å².